The van der Waals surface area contributed by atoms with E-state index in [1.165, 1.54) is 15.7 Å². The highest BCUT2D eigenvalue weighted by atomic mass is 35.5. The quantitative estimate of drug-likeness (QED) is 0.755. The summed E-state index contributed by atoms with van der Waals surface area (Å²) in [5, 5.41) is 3.18. The Morgan fingerprint density at radius 1 is 1.27 bits per heavy atom. The predicted octanol–water partition coefficient (Wildman–Crippen LogP) is -0.251. The number of hydrogen-bond acceptors (Lipinski definition) is 4. The fourth-order valence-electron chi connectivity index (χ4n) is 2.84. The van der Waals surface area contributed by atoms with Gasteiger partial charge < -0.3 is 10.2 Å². The summed E-state index contributed by atoms with van der Waals surface area (Å²) in [6, 6.07) is 0. The SMILES string of the molecule is CC1CCCN(S(=O)(=O)N(C)CC(=O)N2CCNCC2)C1.Cl. The lowest BCUT2D eigenvalue weighted by Crippen LogP contribution is -2.52. The highest BCUT2D eigenvalue weighted by Crippen LogP contribution is 2.19. The molecule has 7 nitrogen and oxygen atoms in total. The molecule has 9 heteroatoms. The van der Waals surface area contributed by atoms with E-state index >= 15 is 0 Å². The van der Waals surface area contributed by atoms with Gasteiger partial charge in [0, 0.05) is 46.3 Å². The number of likely N-dealkylation sites (N-methyl/N-ethyl adjacent to an activating group) is 1. The van der Waals surface area contributed by atoms with Gasteiger partial charge in [0.1, 0.15) is 0 Å². The molecule has 2 saturated heterocycles. The van der Waals surface area contributed by atoms with Crippen LogP contribution >= 0.6 is 12.4 Å². The predicted molar refractivity (Wildman–Crippen MR) is 88.2 cm³/mol. The molecule has 1 atom stereocenters. The second-order valence-electron chi connectivity index (χ2n) is 6.00. The van der Waals surface area contributed by atoms with Gasteiger partial charge in [-0.25, -0.2) is 0 Å². The molecule has 0 spiro atoms. The smallest absolute Gasteiger partial charge is 0.282 e. The molecule has 1 N–H and O–H groups in total. The van der Waals surface area contributed by atoms with E-state index in [1.54, 1.807) is 4.90 Å². The number of nitrogens with zero attached hydrogens (tertiary/aromatic N) is 3. The third kappa shape index (κ3) is 4.79. The fourth-order valence-corrected chi connectivity index (χ4v) is 4.31. The maximum atomic E-state index is 12.5. The van der Waals surface area contributed by atoms with Crippen molar-refractivity contribution in [3.63, 3.8) is 0 Å². The summed E-state index contributed by atoms with van der Waals surface area (Å²) < 4.78 is 27.7. The minimum Gasteiger partial charge on any atom is -0.339 e. The van der Waals surface area contributed by atoms with E-state index in [2.05, 4.69) is 12.2 Å². The first-order valence-corrected chi connectivity index (χ1v) is 9.01. The Hall–Kier alpha value is -0.410. The monoisotopic (exact) mass is 354 g/mol. The van der Waals surface area contributed by atoms with Crippen molar-refractivity contribution in [2.24, 2.45) is 5.92 Å². The lowest BCUT2D eigenvalue weighted by Gasteiger charge is -2.34. The molecule has 2 aliphatic heterocycles. The van der Waals surface area contributed by atoms with Crippen LogP contribution in [-0.4, -0.2) is 80.7 Å². The fraction of sp³-hybridized carbons (Fsp3) is 0.923. The number of carbonyl (C=O) groups is 1. The van der Waals surface area contributed by atoms with E-state index in [1.807, 2.05) is 0 Å². The standard InChI is InChI=1S/C13H26N4O3S.ClH/c1-12-4-3-7-17(10-12)21(19,20)15(2)11-13(18)16-8-5-14-6-9-16;/h12,14H,3-11H2,1-2H3;1H. The van der Waals surface area contributed by atoms with Gasteiger partial charge in [-0.1, -0.05) is 6.92 Å². The van der Waals surface area contributed by atoms with E-state index in [9.17, 15) is 13.2 Å². The summed E-state index contributed by atoms with van der Waals surface area (Å²) >= 11 is 0. The zero-order chi connectivity index (χ0) is 15.5. The molecule has 0 radical (unpaired) electrons. The summed E-state index contributed by atoms with van der Waals surface area (Å²) in [6.45, 7) is 5.92. The number of piperazine rings is 1. The number of carbonyl (C=O) groups excluding carboxylic acids is 1. The Bertz CT molecular complexity index is 468. The minimum atomic E-state index is -3.53. The number of halogens is 1. The molecule has 0 aromatic rings. The van der Waals surface area contributed by atoms with Gasteiger partial charge in [-0.3, -0.25) is 4.79 Å². The number of rotatable bonds is 4. The molecule has 0 aromatic heterocycles. The Morgan fingerprint density at radius 2 is 1.91 bits per heavy atom. The van der Waals surface area contributed by atoms with Gasteiger partial charge in [0.25, 0.3) is 10.2 Å². The maximum absolute atomic E-state index is 12.5. The zero-order valence-corrected chi connectivity index (χ0v) is 15.0. The first kappa shape index (κ1) is 19.6. The molecule has 1 amide bonds. The summed E-state index contributed by atoms with van der Waals surface area (Å²) in [5.74, 6) is 0.262. The Balaban J connectivity index is 0.00000242. The molecule has 0 saturated carbocycles. The van der Waals surface area contributed by atoms with Crippen LogP contribution in [0.25, 0.3) is 0 Å². The highest BCUT2D eigenvalue weighted by Gasteiger charge is 2.32. The first-order valence-electron chi connectivity index (χ1n) is 7.61. The lowest BCUT2D eigenvalue weighted by atomic mass is 10.0. The zero-order valence-electron chi connectivity index (χ0n) is 13.3. The maximum Gasteiger partial charge on any atom is 0.282 e. The van der Waals surface area contributed by atoms with Crippen LogP contribution in [0.1, 0.15) is 19.8 Å². The van der Waals surface area contributed by atoms with E-state index in [-0.39, 0.29) is 24.9 Å². The van der Waals surface area contributed by atoms with E-state index in [4.69, 9.17) is 0 Å². The van der Waals surface area contributed by atoms with Crippen molar-refractivity contribution in [1.82, 2.24) is 18.8 Å². The molecular formula is C13H27ClN4O3S. The van der Waals surface area contributed by atoms with Crippen molar-refractivity contribution in [1.29, 1.82) is 0 Å². The third-order valence-corrected chi connectivity index (χ3v) is 6.07. The molecule has 2 fully saturated rings. The van der Waals surface area contributed by atoms with Crippen molar-refractivity contribution >= 4 is 28.5 Å². The van der Waals surface area contributed by atoms with Gasteiger partial charge in [-0.05, 0) is 18.8 Å². The van der Waals surface area contributed by atoms with Crippen LogP contribution in [0.4, 0.5) is 0 Å². The van der Waals surface area contributed by atoms with E-state index < -0.39 is 10.2 Å². The second-order valence-corrected chi connectivity index (χ2v) is 8.04. The van der Waals surface area contributed by atoms with Crippen LogP contribution in [0.2, 0.25) is 0 Å². The normalized spacial score (nSPS) is 24.1. The summed E-state index contributed by atoms with van der Waals surface area (Å²) in [6.07, 6.45) is 1.95. The van der Waals surface area contributed by atoms with Crippen LogP contribution in [0.5, 0.6) is 0 Å². The molecular weight excluding hydrogens is 328 g/mol. The van der Waals surface area contributed by atoms with Crippen LogP contribution in [0.15, 0.2) is 0 Å². The molecule has 0 bridgehead atoms. The van der Waals surface area contributed by atoms with Gasteiger partial charge in [0.2, 0.25) is 5.91 Å². The largest absolute Gasteiger partial charge is 0.339 e. The average Bonchev–Trinajstić information content (AvgIpc) is 2.48. The van der Waals surface area contributed by atoms with Crippen LogP contribution in [0, 0.1) is 5.92 Å². The van der Waals surface area contributed by atoms with Gasteiger partial charge >= 0.3 is 0 Å². The number of piperidine rings is 1. The minimum absolute atomic E-state index is 0. The molecule has 0 aliphatic carbocycles. The summed E-state index contributed by atoms with van der Waals surface area (Å²) in [4.78, 5) is 13.9. The molecule has 2 rings (SSSR count). The third-order valence-electron chi connectivity index (χ3n) is 4.17. The molecule has 1 unspecified atom stereocenters. The van der Waals surface area contributed by atoms with Gasteiger partial charge in [-0.15, -0.1) is 12.4 Å². The van der Waals surface area contributed by atoms with Crippen LogP contribution < -0.4 is 5.32 Å². The van der Waals surface area contributed by atoms with Crippen molar-refractivity contribution in [3.05, 3.63) is 0 Å². The Labute approximate surface area is 139 Å². The molecule has 2 aliphatic rings. The van der Waals surface area contributed by atoms with Crippen molar-refractivity contribution in [2.75, 3.05) is 52.9 Å². The van der Waals surface area contributed by atoms with Gasteiger partial charge in [0.05, 0.1) is 6.54 Å². The number of hydrogen-bond donors (Lipinski definition) is 1. The lowest BCUT2D eigenvalue weighted by molar-refractivity contribution is -0.131. The first-order chi connectivity index (χ1) is 9.91. The molecule has 0 aromatic carbocycles. The molecule has 2 heterocycles. The number of nitrogens with one attached hydrogen (secondary N) is 1. The Morgan fingerprint density at radius 3 is 2.50 bits per heavy atom. The Kier molecular flexibility index (Phi) is 7.54. The van der Waals surface area contributed by atoms with Gasteiger partial charge in [-0.2, -0.15) is 17.0 Å². The number of amides is 1. The van der Waals surface area contributed by atoms with E-state index in [0.717, 1.165) is 25.9 Å². The molecule has 22 heavy (non-hydrogen) atoms. The van der Waals surface area contributed by atoms with Crippen molar-refractivity contribution in [3.8, 4) is 0 Å². The van der Waals surface area contributed by atoms with Crippen LogP contribution in [0.3, 0.4) is 0 Å². The average molecular weight is 355 g/mol. The summed E-state index contributed by atoms with van der Waals surface area (Å²) in [7, 11) is -2.03. The van der Waals surface area contributed by atoms with Crippen molar-refractivity contribution in [2.45, 2.75) is 19.8 Å². The summed E-state index contributed by atoms with van der Waals surface area (Å²) in [5.41, 5.74) is 0. The second kappa shape index (κ2) is 8.44. The van der Waals surface area contributed by atoms with Crippen LogP contribution in [-0.2, 0) is 15.0 Å². The molecule has 130 valence electrons. The van der Waals surface area contributed by atoms with E-state index in [0.29, 0.717) is 32.1 Å². The highest BCUT2D eigenvalue weighted by molar-refractivity contribution is 7.86. The van der Waals surface area contributed by atoms with Gasteiger partial charge in [0.15, 0.2) is 0 Å². The topological polar surface area (TPSA) is 73.0 Å². The van der Waals surface area contributed by atoms with Crippen molar-refractivity contribution < 1.29 is 13.2 Å².